The number of benzene rings is 2. The van der Waals surface area contributed by atoms with E-state index in [-0.39, 0.29) is 5.91 Å². The summed E-state index contributed by atoms with van der Waals surface area (Å²) in [5.41, 5.74) is 3.45. The Balaban J connectivity index is 1.18. The van der Waals surface area contributed by atoms with Gasteiger partial charge in [-0.2, -0.15) is 4.98 Å². The van der Waals surface area contributed by atoms with E-state index in [9.17, 15) is 4.79 Å². The van der Waals surface area contributed by atoms with E-state index < -0.39 is 0 Å². The zero-order valence-electron chi connectivity index (χ0n) is 18.5. The number of amides is 1. The average molecular weight is 497 g/mol. The number of rotatable bonds is 8. The van der Waals surface area contributed by atoms with Crippen molar-refractivity contribution in [1.82, 2.24) is 19.9 Å². The van der Waals surface area contributed by atoms with Gasteiger partial charge in [0.1, 0.15) is 0 Å². The molecule has 0 radical (unpaired) electrons. The Morgan fingerprint density at radius 1 is 1.03 bits per heavy atom. The van der Waals surface area contributed by atoms with E-state index >= 15 is 0 Å². The number of piperazine rings is 1. The van der Waals surface area contributed by atoms with Gasteiger partial charge in [-0.1, -0.05) is 57.5 Å². The van der Waals surface area contributed by atoms with Crippen LogP contribution in [0.25, 0.3) is 11.4 Å². The minimum atomic E-state index is 0.264. The summed E-state index contributed by atoms with van der Waals surface area (Å²) in [6.07, 6.45) is 3.61. The summed E-state index contributed by atoms with van der Waals surface area (Å²) in [4.78, 5) is 21.4. The summed E-state index contributed by atoms with van der Waals surface area (Å²) in [6, 6.07) is 16.4. The van der Waals surface area contributed by atoms with Crippen LogP contribution in [0.3, 0.4) is 0 Å². The molecule has 1 fully saturated rings. The van der Waals surface area contributed by atoms with Crippen LogP contribution in [0.1, 0.15) is 36.3 Å². The zero-order chi connectivity index (χ0) is 22.3. The van der Waals surface area contributed by atoms with Crippen LogP contribution in [0.2, 0.25) is 0 Å². The van der Waals surface area contributed by atoms with Gasteiger partial charge in [-0.15, -0.1) is 0 Å². The Morgan fingerprint density at radius 3 is 2.53 bits per heavy atom. The van der Waals surface area contributed by atoms with Crippen LogP contribution in [-0.4, -0.2) is 52.0 Å². The molecule has 0 N–H and O–H groups in total. The molecule has 3 aromatic rings. The topological polar surface area (TPSA) is 62.5 Å². The first-order chi connectivity index (χ1) is 15.6. The van der Waals surface area contributed by atoms with Crippen LogP contribution in [-0.2, 0) is 17.8 Å². The van der Waals surface area contributed by atoms with Gasteiger partial charge in [-0.25, -0.2) is 0 Å². The molecule has 0 unspecified atom stereocenters. The van der Waals surface area contributed by atoms with Crippen molar-refractivity contribution in [3.8, 4) is 11.4 Å². The van der Waals surface area contributed by atoms with Crippen molar-refractivity contribution in [1.29, 1.82) is 0 Å². The highest BCUT2D eigenvalue weighted by Gasteiger charge is 2.22. The van der Waals surface area contributed by atoms with Gasteiger partial charge >= 0.3 is 0 Å². The molecule has 7 heteroatoms. The van der Waals surface area contributed by atoms with E-state index in [1.54, 1.807) is 0 Å². The fourth-order valence-electron chi connectivity index (χ4n) is 4.01. The minimum Gasteiger partial charge on any atom is -0.340 e. The van der Waals surface area contributed by atoms with Crippen molar-refractivity contribution < 1.29 is 9.32 Å². The number of unbranched alkanes of at least 4 members (excludes halogenated alkanes) is 1. The van der Waals surface area contributed by atoms with Gasteiger partial charge in [-0.05, 0) is 49.4 Å². The lowest BCUT2D eigenvalue weighted by atomic mass is 10.1. The SMILES string of the molecule is Cc1ccccc1-c1noc(CN2CCN(C(=O)CCCCc3ccc(Br)cc3)CC2)n1. The minimum absolute atomic E-state index is 0.264. The standard InChI is InChI=1S/C25H29BrN4O2/c1-19-6-2-4-8-22(19)25-27-23(32-28-25)18-29-14-16-30(17-15-29)24(31)9-5-3-7-20-10-12-21(26)13-11-20/h2,4,6,8,10-13H,3,5,7,9,14-18H2,1H3. The Kier molecular flexibility index (Phi) is 7.71. The molecule has 32 heavy (non-hydrogen) atoms. The van der Waals surface area contributed by atoms with Crippen LogP contribution in [0.5, 0.6) is 0 Å². The van der Waals surface area contributed by atoms with Crippen molar-refractivity contribution in [3.05, 3.63) is 70.0 Å². The van der Waals surface area contributed by atoms with Crippen LogP contribution in [0.15, 0.2) is 57.5 Å². The Bertz CT molecular complexity index is 1030. The van der Waals surface area contributed by atoms with Crippen LogP contribution < -0.4 is 0 Å². The number of carbonyl (C=O) groups is 1. The van der Waals surface area contributed by atoms with Crippen LogP contribution >= 0.6 is 15.9 Å². The highest BCUT2D eigenvalue weighted by molar-refractivity contribution is 9.10. The van der Waals surface area contributed by atoms with Gasteiger partial charge in [0.25, 0.3) is 0 Å². The number of halogens is 1. The van der Waals surface area contributed by atoms with Gasteiger partial charge in [0.2, 0.25) is 17.6 Å². The second-order valence-corrected chi connectivity index (χ2v) is 9.23. The monoisotopic (exact) mass is 496 g/mol. The maximum atomic E-state index is 12.6. The Labute approximate surface area is 197 Å². The van der Waals surface area contributed by atoms with Gasteiger partial charge in [-0.3, -0.25) is 9.69 Å². The van der Waals surface area contributed by atoms with Gasteiger partial charge < -0.3 is 9.42 Å². The molecule has 0 saturated carbocycles. The first-order valence-corrected chi connectivity index (χ1v) is 12.0. The van der Waals surface area contributed by atoms with E-state index in [4.69, 9.17) is 4.52 Å². The number of carbonyl (C=O) groups excluding carboxylic acids is 1. The molecule has 0 spiro atoms. The van der Waals surface area contributed by atoms with Crippen molar-refractivity contribution in [2.45, 2.75) is 39.2 Å². The first-order valence-electron chi connectivity index (χ1n) is 11.2. The lowest BCUT2D eigenvalue weighted by Gasteiger charge is -2.34. The third-order valence-electron chi connectivity index (χ3n) is 5.96. The van der Waals surface area contributed by atoms with Crippen LogP contribution in [0, 0.1) is 6.92 Å². The summed E-state index contributed by atoms with van der Waals surface area (Å²) >= 11 is 3.46. The van der Waals surface area contributed by atoms with E-state index in [0.717, 1.165) is 61.0 Å². The molecule has 1 amide bonds. The predicted molar refractivity (Wildman–Crippen MR) is 128 cm³/mol. The Morgan fingerprint density at radius 2 is 1.78 bits per heavy atom. The van der Waals surface area contributed by atoms with Gasteiger partial charge in [0.05, 0.1) is 6.54 Å². The van der Waals surface area contributed by atoms with Gasteiger partial charge in [0, 0.05) is 42.6 Å². The lowest BCUT2D eigenvalue weighted by molar-refractivity contribution is -0.133. The largest absolute Gasteiger partial charge is 0.340 e. The molecule has 168 valence electrons. The number of hydrogen-bond acceptors (Lipinski definition) is 5. The number of aryl methyl sites for hydroxylation is 2. The van der Waals surface area contributed by atoms with Crippen molar-refractivity contribution in [3.63, 3.8) is 0 Å². The summed E-state index contributed by atoms with van der Waals surface area (Å²) in [7, 11) is 0. The quantitative estimate of drug-likeness (QED) is 0.416. The highest BCUT2D eigenvalue weighted by atomic mass is 79.9. The van der Waals surface area contributed by atoms with E-state index in [2.05, 4.69) is 55.2 Å². The van der Waals surface area contributed by atoms with E-state index in [1.807, 2.05) is 36.1 Å². The van der Waals surface area contributed by atoms with E-state index in [1.165, 1.54) is 5.56 Å². The zero-order valence-corrected chi connectivity index (χ0v) is 20.1. The first kappa shape index (κ1) is 22.7. The third-order valence-corrected chi connectivity index (χ3v) is 6.49. The molecule has 4 rings (SSSR count). The molecule has 0 bridgehead atoms. The predicted octanol–water partition coefficient (Wildman–Crippen LogP) is 4.86. The second-order valence-electron chi connectivity index (χ2n) is 8.32. The number of hydrogen-bond donors (Lipinski definition) is 0. The summed E-state index contributed by atoms with van der Waals surface area (Å²) < 4.78 is 6.57. The third kappa shape index (κ3) is 6.04. The normalized spacial score (nSPS) is 14.6. The number of nitrogens with zero attached hydrogens (tertiary/aromatic N) is 4. The molecule has 2 heterocycles. The summed E-state index contributed by atoms with van der Waals surface area (Å²) in [5.74, 6) is 1.52. The number of aromatic nitrogens is 2. The smallest absolute Gasteiger partial charge is 0.241 e. The molecule has 6 nitrogen and oxygen atoms in total. The molecule has 1 saturated heterocycles. The van der Waals surface area contributed by atoms with Crippen molar-refractivity contribution >= 4 is 21.8 Å². The van der Waals surface area contributed by atoms with E-state index in [0.29, 0.717) is 24.7 Å². The van der Waals surface area contributed by atoms with Crippen LogP contribution in [0.4, 0.5) is 0 Å². The van der Waals surface area contributed by atoms with Gasteiger partial charge in [0.15, 0.2) is 0 Å². The fourth-order valence-corrected chi connectivity index (χ4v) is 4.28. The Hall–Kier alpha value is -2.51. The molecule has 1 aromatic heterocycles. The lowest BCUT2D eigenvalue weighted by Crippen LogP contribution is -2.48. The maximum absolute atomic E-state index is 12.6. The molecule has 2 aromatic carbocycles. The molecular formula is C25H29BrN4O2. The fraction of sp³-hybridized carbons (Fsp3) is 0.400. The molecule has 0 aliphatic carbocycles. The van der Waals surface area contributed by atoms with Crippen molar-refractivity contribution in [2.24, 2.45) is 0 Å². The summed E-state index contributed by atoms with van der Waals surface area (Å²) in [5, 5.41) is 4.14. The maximum Gasteiger partial charge on any atom is 0.241 e. The molecule has 0 atom stereocenters. The highest BCUT2D eigenvalue weighted by Crippen LogP contribution is 2.20. The average Bonchev–Trinajstić information content (AvgIpc) is 3.27. The summed E-state index contributed by atoms with van der Waals surface area (Å²) in [6.45, 7) is 5.82. The molecular weight excluding hydrogens is 468 g/mol. The molecule has 1 aliphatic heterocycles. The second kappa shape index (κ2) is 10.9. The molecule has 1 aliphatic rings. The van der Waals surface area contributed by atoms with Crippen molar-refractivity contribution in [2.75, 3.05) is 26.2 Å².